The molecule has 12 heteroatoms. The summed E-state index contributed by atoms with van der Waals surface area (Å²) in [4.78, 5) is 38.9. The lowest BCUT2D eigenvalue weighted by molar-refractivity contribution is 0.273. The molecule has 582 valence electrons. The molecule has 26 aromatic carbocycles. The highest BCUT2D eigenvalue weighted by molar-refractivity contribution is 6.74. The molecular weight excluding hydrogens is 1590 g/mol. The van der Waals surface area contributed by atoms with Crippen molar-refractivity contribution >= 4 is 262 Å². The lowest BCUT2D eigenvalue weighted by Crippen LogP contribution is -2.36. The second-order valence-electron chi connectivity index (χ2n) is 43.0. The van der Waals surface area contributed by atoms with Crippen molar-refractivity contribution in [3.63, 3.8) is 0 Å². The van der Waals surface area contributed by atoms with Gasteiger partial charge in [-0.15, -0.1) is 0 Å². The van der Waals surface area contributed by atoms with E-state index in [0.29, 0.717) is 39.6 Å². The van der Waals surface area contributed by atoms with Crippen molar-refractivity contribution in [3.05, 3.63) is 282 Å². The predicted molar refractivity (Wildman–Crippen MR) is 503 cm³/mol. The lowest BCUT2D eigenvalue weighted by Gasteiger charge is -2.33. The molecule has 6 spiro atoms. The van der Waals surface area contributed by atoms with E-state index >= 15 is 0 Å². The summed E-state index contributed by atoms with van der Waals surface area (Å²) in [5, 5.41) is 61.5. The van der Waals surface area contributed by atoms with E-state index in [1.807, 2.05) is 0 Å². The van der Waals surface area contributed by atoms with Gasteiger partial charge >= 0.3 is 0 Å². The third-order valence-electron chi connectivity index (χ3n) is 41.1. The summed E-state index contributed by atoms with van der Waals surface area (Å²) in [6.45, 7) is 2.39. The van der Waals surface area contributed by atoms with Crippen molar-refractivity contribution in [2.24, 2.45) is 46.2 Å². The van der Waals surface area contributed by atoms with Gasteiger partial charge in [-0.05, 0) is 326 Å². The minimum Gasteiger partial charge on any atom is -0.477 e. The molecule has 15 aliphatic carbocycles. The van der Waals surface area contributed by atoms with Gasteiger partial charge in [-0.2, -0.15) is 0 Å². The van der Waals surface area contributed by atoms with Gasteiger partial charge in [0.15, 0.2) is 16.2 Å². The van der Waals surface area contributed by atoms with Crippen LogP contribution < -0.4 is 0 Å². The van der Waals surface area contributed by atoms with E-state index < -0.39 is 48.7 Å². The standard InChI is InChI=1S/C117H48N6O6/c1-7-19-37(20-8-1)43-31-124-103(118-43)115(104-119-44(32-125-104)38-21-9-2-10-22-38)109-93-67-56-50-49-51-58-53(56)62-73-69(58)91-71-60(51)61-52(49)59-54-57(50)68(67)94-78-63(54)74-70(59)92-72(61)84-83(71)101-89-81-66-55-64-75(99(109)85(77(62)93)87-79(64)95(81)111(97(73)87)113(91,101)116(111,105-120-45(33-126-105)39-23-11-3-12-24-39)106-121-46(34-127-106)40-25-13-4-14-26-40)76-65(55)80-88(86(78)100(76)110(94,109)115)98(74)112-96(80)82(66)90(89)102(84)114(92,112)117(112,107-122-47(35-128-107)41-27-15-5-16-28-41)108-123-48(36-129-108)42-29-17-6-18-30-42/h1-30,43-48H,31-36H2/t43-,44-,45-,46-,47-,48-,109?,110?,111?,112?,113?,114?/m1/s1. The minimum absolute atomic E-state index is 0.288. The van der Waals surface area contributed by atoms with Gasteiger partial charge in [0, 0.05) is 0 Å². The third kappa shape index (κ3) is 3.96. The summed E-state index contributed by atoms with van der Waals surface area (Å²) in [7, 11) is 0. The Balaban J connectivity index is 0.770. The van der Waals surface area contributed by atoms with Gasteiger partial charge in [0.05, 0.1) is 32.5 Å². The Morgan fingerprint density at radius 1 is 0.140 bits per heavy atom. The topological polar surface area (TPSA) is 130 Å². The first-order chi connectivity index (χ1) is 64.1. The van der Waals surface area contributed by atoms with E-state index in [4.69, 9.17) is 58.4 Å². The second kappa shape index (κ2) is 15.5. The van der Waals surface area contributed by atoms with Crippen LogP contribution in [-0.4, -0.2) is 75.0 Å². The van der Waals surface area contributed by atoms with Crippen LogP contribution in [0, 0.1) is 16.2 Å². The van der Waals surface area contributed by atoms with Gasteiger partial charge in [-0.3, -0.25) is 0 Å². The smallest absolute Gasteiger partial charge is 0.202 e. The largest absolute Gasteiger partial charge is 0.477 e. The molecule has 0 N–H and O–H groups in total. The molecule has 0 amide bonds. The van der Waals surface area contributed by atoms with Gasteiger partial charge in [0.2, 0.25) is 35.4 Å². The Bertz CT molecular complexity index is 10300. The molecule has 6 aliphatic heterocycles. The van der Waals surface area contributed by atoms with Crippen LogP contribution in [0.5, 0.6) is 0 Å². The molecule has 12 nitrogen and oxygen atoms in total. The minimum atomic E-state index is -1.17. The first kappa shape index (κ1) is 57.7. The van der Waals surface area contributed by atoms with Crippen LogP contribution in [-0.2, 0) is 60.9 Å². The fourth-order valence-corrected chi connectivity index (χ4v) is 39.4. The summed E-state index contributed by atoms with van der Waals surface area (Å²) < 4.78 is 49.3. The number of hydrogen-bond acceptors (Lipinski definition) is 12. The molecular formula is C117H48N6O6. The molecule has 0 saturated heterocycles. The van der Waals surface area contributed by atoms with Gasteiger partial charge in [-0.25, -0.2) is 30.0 Å². The molecule has 12 atom stereocenters. The van der Waals surface area contributed by atoms with Crippen molar-refractivity contribution in [2.45, 2.75) is 68.7 Å². The number of benzene rings is 20. The highest BCUT2D eigenvalue weighted by Crippen LogP contribution is 3.05. The van der Waals surface area contributed by atoms with Crippen molar-refractivity contribution in [2.75, 3.05) is 39.6 Å². The molecule has 0 bridgehead atoms. The highest BCUT2D eigenvalue weighted by Gasteiger charge is 3.05. The normalized spacial score (nSPS) is 30.7. The zero-order chi connectivity index (χ0) is 80.0. The zero-order valence-electron chi connectivity index (χ0n) is 67.7. The number of hydrogen-bond donors (Lipinski definition) is 0. The van der Waals surface area contributed by atoms with Crippen LogP contribution in [0.2, 0.25) is 0 Å². The molecule has 21 aliphatic rings. The monoisotopic (exact) mass is 1630 g/mol. The molecule has 6 heterocycles. The van der Waals surface area contributed by atoms with Crippen molar-refractivity contribution < 1.29 is 28.4 Å². The van der Waals surface area contributed by atoms with E-state index in [0.717, 1.165) is 68.8 Å². The molecule has 0 radical (unpaired) electrons. The van der Waals surface area contributed by atoms with Crippen LogP contribution >= 0.6 is 0 Å². The second-order valence-corrected chi connectivity index (χ2v) is 43.0. The first-order valence-corrected chi connectivity index (χ1v) is 47.0. The number of aliphatic imine (C=N–C) groups is 6. The molecule has 3 fully saturated rings. The number of ether oxygens (including phenoxy) is 6. The molecule has 0 aromatic heterocycles. The van der Waals surface area contributed by atoms with Crippen molar-refractivity contribution in [3.8, 4) is 0 Å². The zero-order valence-corrected chi connectivity index (χ0v) is 67.7. The van der Waals surface area contributed by atoms with Gasteiger partial charge in [0.25, 0.3) is 0 Å². The summed E-state index contributed by atoms with van der Waals surface area (Å²) in [6.07, 6.45) is 0. The molecule has 26 aromatic rings. The van der Waals surface area contributed by atoms with Crippen LogP contribution in [0.25, 0.3) is 226 Å². The number of rotatable bonds is 12. The Morgan fingerprint density at radius 2 is 0.248 bits per heavy atom. The molecule has 6 unspecified atom stereocenters. The fraction of sp³-hybridized carbons (Fsp3) is 0.179. The van der Waals surface area contributed by atoms with Gasteiger partial charge in [-0.1, -0.05) is 182 Å². The van der Waals surface area contributed by atoms with E-state index in [9.17, 15) is 0 Å². The molecule has 129 heavy (non-hydrogen) atoms. The summed E-state index contributed by atoms with van der Waals surface area (Å²) in [6, 6.07) is 64.9. The van der Waals surface area contributed by atoms with Crippen LogP contribution in [0.1, 0.15) is 136 Å². The van der Waals surface area contributed by atoms with E-state index in [1.54, 1.807) is 0 Å². The maximum absolute atomic E-state index is 8.22. The van der Waals surface area contributed by atoms with Gasteiger partial charge in [0.1, 0.15) is 75.9 Å². The average Bonchev–Trinajstić information content (AvgIpc) is 1.33. The predicted octanol–water partition coefficient (Wildman–Crippen LogP) is 23.4. The molecule has 47 rings (SSSR count). The van der Waals surface area contributed by atoms with Crippen LogP contribution in [0.15, 0.2) is 212 Å². The lowest BCUT2D eigenvalue weighted by atomic mass is 9.66. The van der Waals surface area contributed by atoms with Crippen LogP contribution in [0.3, 0.4) is 0 Å². The number of nitrogens with zero attached hydrogens (tertiary/aromatic N) is 6. The average molecular weight is 1630 g/mol. The fourth-order valence-electron chi connectivity index (χ4n) is 39.4. The van der Waals surface area contributed by atoms with E-state index in [2.05, 4.69) is 182 Å². The summed E-state index contributed by atoms with van der Waals surface area (Å²) >= 11 is 0. The Kier molecular flexibility index (Phi) is 6.92. The van der Waals surface area contributed by atoms with Crippen molar-refractivity contribution in [1.82, 2.24) is 0 Å². The summed E-state index contributed by atoms with van der Waals surface area (Å²) in [5.74, 6) is 4.69. The SMILES string of the molecule is c1ccc([C@H]2COC(C3(C4=N[C@@H](c5ccccc5)CO4)C45c6c7c8c9c%10c%11c%12c8c8c%13c%14c%15c%16c%17c%18c(c%11c%11c%19c%10c(c%10c%20c4c4c%21c%22c%23c(c%24c%15c%15c%25c%26c%27c(c%21c%20c%20c%10c%19c%10c%11c%18c(c%15%17)c%26c%10c%27%20)C%22%10C(C%11=N[C@@H](c%15ccccc%15)CO%11)(C%11=N[C@@H](c%15ccccc%15)CO%11)C%24%25%10)c%14c(c78)c%23c64)C935)C%123C(C4=N[C@@H](c5ccccc5)CO4)(C4=N[C@@H](c5ccccc5)CO4)C%13%163)=N2)cc1. The first-order valence-electron chi connectivity index (χ1n) is 47.0. The molecule has 3 saturated carbocycles. The maximum Gasteiger partial charge on any atom is 0.202 e. The third-order valence-corrected chi connectivity index (χ3v) is 41.1. The van der Waals surface area contributed by atoms with E-state index in [1.165, 1.54) is 293 Å². The quantitative estimate of drug-likeness (QED) is 0.112. The Labute approximate surface area is 722 Å². The van der Waals surface area contributed by atoms with E-state index in [-0.39, 0.29) is 36.3 Å². The Morgan fingerprint density at radius 3 is 0.380 bits per heavy atom. The maximum atomic E-state index is 8.22. The highest BCUT2D eigenvalue weighted by atomic mass is 16.5. The van der Waals surface area contributed by atoms with Crippen molar-refractivity contribution in [1.29, 1.82) is 0 Å². The van der Waals surface area contributed by atoms with Crippen LogP contribution in [0.4, 0.5) is 0 Å². The van der Waals surface area contributed by atoms with Gasteiger partial charge < -0.3 is 28.4 Å². The Hall–Kier alpha value is -14.9. The summed E-state index contributed by atoms with van der Waals surface area (Å²) in [5.41, 5.74) is 15.6.